The highest BCUT2D eigenvalue weighted by atomic mass is 16.7. The Morgan fingerprint density at radius 3 is 2.50 bits per heavy atom. The average molecular weight is 390 g/mol. The van der Waals surface area contributed by atoms with Gasteiger partial charge in [-0.05, 0) is 12.3 Å². The standard InChI is InChI=1S/C20H30N4O4/c1-16(2)3-9-24(19(26)17-15-21-7-8-22-17)10-4-18(25)23-11-5-20(6-12-23)27-13-14-28-20/h7-8,15-16H,3-6,9-14H2,1-2H3. The molecule has 2 saturated heterocycles. The molecule has 28 heavy (non-hydrogen) atoms. The second-order valence-corrected chi connectivity index (χ2v) is 7.80. The number of carbonyl (C=O) groups excluding carboxylic acids is 2. The van der Waals surface area contributed by atoms with Gasteiger partial charge >= 0.3 is 0 Å². The fourth-order valence-electron chi connectivity index (χ4n) is 3.57. The maximum Gasteiger partial charge on any atom is 0.274 e. The molecule has 1 aromatic rings. The number of aromatic nitrogens is 2. The minimum absolute atomic E-state index is 0.0642. The first-order chi connectivity index (χ1) is 13.5. The number of carbonyl (C=O) groups is 2. The second kappa shape index (κ2) is 9.43. The van der Waals surface area contributed by atoms with Gasteiger partial charge in [0.2, 0.25) is 5.91 Å². The normalized spacial score (nSPS) is 18.6. The third kappa shape index (κ3) is 5.26. The average Bonchev–Trinajstić information content (AvgIpc) is 3.16. The van der Waals surface area contributed by atoms with E-state index in [4.69, 9.17) is 9.47 Å². The van der Waals surface area contributed by atoms with Crippen LogP contribution in [-0.2, 0) is 14.3 Å². The van der Waals surface area contributed by atoms with Crippen molar-refractivity contribution in [1.82, 2.24) is 19.8 Å². The van der Waals surface area contributed by atoms with Gasteiger partial charge in [0.15, 0.2) is 5.79 Å². The molecule has 0 aliphatic carbocycles. The summed E-state index contributed by atoms with van der Waals surface area (Å²) >= 11 is 0. The van der Waals surface area contributed by atoms with Crippen molar-refractivity contribution in [2.45, 2.75) is 45.3 Å². The van der Waals surface area contributed by atoms with Crippen molar-refractivity contribution in [3.05, 3.63) is 24.3 Å². The van der Waals surface area contributed by atoms with E-state index >= 15 is 0 Å². The molecule has 1 spiro atoms. The van der Waals surface area contributed by atoms with Crippen molar-refractivity contribution >= 4 is 11.8 Å². The van der Waals surface area contributed by atoms with Gasteiger partial charge in [0, 0.05) is 57.8 Å². The monoisotopic (exact) mass is 390 g/mol. The van der Waals surface area contributed by atoms with Gasteiger partial charge in [-0.2, -0.15) is 0 Å². The van der Waals surface area contributed by atoms with E-state index in [0.717, 1.165) is 6.42 Å². The van der Waals surface area contributed by atoms with Crippen LogP contribution in [0.15, 0.2) is 18.6 Å². The SMILES string of the molecule is CC(C)CCN(CCC(=O)N1CCC2(CC1)OCCO2)C(=O)c1cnccn1. The van der Waals surface area contributed by atoms with Crippen LogP contribution in [0.5, 0.6) is 0 Å². The van der Waals surface area contributed by atoms with Gasteiger partial charge < -0.3 is 19.3 Å². The number of likely N-dealkylation sites (tertiary alicyclic amines) is 1. The van der Waals surface area contributed by atoms with Crippen LogP contribution in [0.4, 0.5) is 0 Å². The highest BCUT2D eigenvalue weighted by Gasteiger charge is 2.40. The third-order valence-corrected chi connectivity index (χ3v) is 5.33. The van der Waals surface area contributed by atoms with Gasteiger partial charge in [0.25, 0.3) is 5.91 Å². The zero-order chi connectivity index (χ0) is 20.0. The second-order valence-electron chi connectivity index (χ2n) is 7.80. The van der Waals surface area contributed by atoms with E-state index in [-0.39, 0.29) is 11.8 Å². The number of amides is 2. The fourth-order valence-corrected chi connectivity index (χ4v) is 3.57. The Bertz CT molecular complexity index is 651. The first-order valence-corrected chi connectivity index (χ1v) is 10.1. The lowest BCUT2D eigenvalue weighted by atomic mass is 10.0. The van der Waals surface area contributed by atoms with Crippen molar-refractivity contribution in [2.24, 2.45) is 5.92 Å². The third-order valence-electron chi connectivity index (χ3n) is 5.33. The number of nitrogens with zero attached hydrogens (tertiary/aromatic N) is 4. The lowest BCUT2D eigenvalue weighted by Gasteiger charge is -2.37. The van der Waals surface area contributed by atoms with Crippen LogP contribution >= 0.6 is 0 Å². The van der Waals surface area contributed by atoms with Crippen LogP contribution in [0, 0.1) is 5.92 Å². The van der Waals surface area contributed by atoms with Gasteiger partial charge in [-0.25, -0.2) is 4.98 Å². The zero-order valence-corrected chi connectivity index (χ0v) is 16.8. The maximum absolute atomic E-state index is 12.8. The van der Waals surface area contributed by atoms with E-state index in [1.807, 2.05) is 4.90 Å². The Balaban J connectivity index is 1.53. The number of hydrogen-bond acceptors (Lipinski definition) is 6. The Labute approximate surface area is 166 Å². The molecular weight excluding hydrogens is 360 g/mol. The smallest absolute Gasteiger partial charge is 0.274 e. The van der Waals surface area contributed by atoms with Crippen molar-refractivity contribution in [2.75, 3.05) is 39.4 Å². The molecule has 3 rings (SSSR count). The van der Waals surface area contributed by atoms with E-state index < -0.39 is 5.79 Å². The summed E-state index contributed by atoms with van der Waals surface area (Å²) in [6.07, 6.45) is 7.11. The predicted octanol–water partition coefficient (Wildman–Crippen LogP) is 1.72. The molecule has 0 unspecified atom stereocenters. The Morgan fingerprint density at radius 2 is 1.89 bits per heavy atom. The summed E-state index contributed by atoms with van der Waals surface area (Å²) in [7, 11) is 0. The van der Waals surface area contributed by atoms with Crippen LogP contribution in [0.25, 0.3) is 0 Å². The molecule has 0 aromatic carbocycles. The highest BCUT2D eigenvalue weighted by molar-refractivity contribution is 5.92. The molecule has 8 heteroatoms. The van der Waals surface area contributed by atoms with Gasteiger partial charge in [0.05, 0.1) is 19.4 Å². The fraction of sp³-hybridized carbons (Fsp3) is 0.700. The van der Waals surface area contributed by atoms with Gasteiger partial charge in [0.1, 0.15) is 5.69 Å². The molecule has 8 nitrogen and oxygen atoms in total. The molecule has 2 fully saturated rings. The summed E-state index contributed by atoms with van der Waals surface area (Å²) in [5.74, 6) is -0.124. The van der Waals surface area contributed by atoms with Crippen molar-refractivity contribution in [3.63, 3.8) is 0 Å². The number of hydrogen-bond donors (Lipinski definition) is 0. The minimum atomic E-state index is -0.484. The van der Waals surface area contributed by atoms with Crippen LogP contribution in [0.1, 0.15) is 50.0 Å². The molecule has 1 aromatic heterocycles. The van der Waals surface area contributed by atoms with E-state index in [0.29, 0.717) is 70.3 Å². The van der Waals surface area contributed by atoms with Crippen molar-refractivity contribution in [1.29, 1.82) is 0 Å². The number of piperidine rings is 1. The summed E-state index contributed by atoms with van der Waals surface area (Å²) < 4.78 is 11.4. The summed E-state index contributed by atoms with van der Waals surface area (Å²) in [5, 5.41) is 0. The molecular formula is C20H30N4O4. The van der Waals surface area contributed by atoms with Crippen LogP contribution in [0.3, 0.4) is 0 Å². The lowest BCUT2D eigenvalue weighted by molar-refractivity contribution is -0.187. The zero-order valence-electron chi connectivity index (χ0n) is 16.8. The predicted molar refractivity (Wildman–Crippen MR) is 102 cm³/mol. The lowest BCUT2D eigenvalue weighted by Crippen LogP contribution is -2.48. The van der Waals surface area contributed by atoms with E-state index in [9.17, 15) is 9.59 Å². The minimum Gasteiger partial charge on any atom is -0.347 e. The summed E-state index contributed by atoms with van der Waals surface area (Å²) in [5.41, 5.74) is 0.314. The number of rotatable bonds is 7. The van der Waals surface area contributed by atoms with Gasteiger partial charge in [-0.3, -0.25) is 14.6 Å². The van der Waals surface area contributed by atoms with Crippen molar-refractivity contribution < 1.29 is 19.1 Å². The topological polar surface area (TPSA) is 84.9 Å². The number of ether oxygens (including phenoxy) is 2. The Morgan fingerprint density at radius 1 is 1.18 bits per heavy atom. The summed E-state index contributed by atoms with van der Waals surface area (Å²) in [6, 6.07) is 0. The Kier molecular flexibility index (Phi) is 6.96. The van der Waals surface area contributed by atoms with Crippen LogP contribution in [-0.4, -0.2) is 76.8 Å². The largest absolute Gasteiger partial charge is 0.347 e. The van der Waals surface area contributed by atoms with Crippen molar-refractivity contribution in [3.8, 4) is 0 Å². The van der Waals surface area contributed by atoms with Crippen LogP contribution in [0.2, 0.25) is 0 Å². The van der Waals surface area contributed by atoms with Crippen LogP contribution < -0.4 is 0 Å². The van der Waals surface area contributed by atoms with Gasteiger partial charge in [-0.1, -0.05) is 13.8 Å². The van der Waals surface area contributed by atoms with E-state index in [1.165, 1.54) is 12.4 Å². The molecule has 0 atom stereocenters. The quantitative estimate of drug-likeness (QED) is 0.705. The van der Waals surface area contributed by atoms with Gasteiger partial charge in [-0.15, -0.1) is 0 Å². The highest BCUT2D eigenvalue weighted by Crippen LogP contribution is 2.31. The molecule has 3 heterocycles. The molecule has 2 amide bonds. The first-order valence-electron chi connectivity index (χ1n) is 10.1. The molecule has 2 aliphatic rings. The molecule has 2 aliphatic heterocycles. The van der Waals surface area contributed by atoms with E-state index in [1.54, 1.807) is 11.1 Å². The van der Waals surface area contributed by atoms with E-state index in [2.05, 4.69) is 23.8 Å². The summed E-state index contributed by atoms with van der Waals surface area (Å²) in [6.45, 7) is 7.73. The molecule has 0 N–H and O–H groups in total. The Hall–Kier alpha value is -2.06. The molecule has 0 bridgehead atoms. The summed E-state index contributed by atoms with van der Waals surface area (Å²) in [4.78, 5) is 37.1. The molecule has 154 valence electrons. The molecule has 0 saturated carbocycles. The maximum atomic E-state index is 12.8. The molecule has 0 radical (unpaired) electrons. The first kappa shape index (κ1) is 20.7.